The third-order valence-electron chi connectivity index (χ3n) is 2.49. The summed E-state index contributed by atoms with van der Waals surface area (Å²) in [6, 6.07) is 5.98. The molecule has 0 bridgehead atoms. The lowest BCUT2D eigenvalue weighted by Crippen LogP contribution is -2.17. The van der Waals surface area contributed by atoms with Gasteiger partial charge in [-0.2, -0.15) is 0 Å². The number of thiocarbonyl (C=S) groups is 1. The van der Waals surface area contributed by atoms with E-state index in [1.165, 1.54) is 0 Å². The van der Waals surface area contributed by atoms with Crippen LogP contribution < -0.4 is 11.1 Å². The van der Waals surface area contributed by atoms with Crippen molar-refractivity contribution in [2.45, 2.75) is 4.90 Å². The van der Waals surface area contributed by atoms with Crippen molar-refractivity contribution < 1.29 is 9.47 Å². The highest BCUT2D eigenvalue weighted by molar-refractivity contribution is 7.98. The Morgan fingerprint density at radius 2 is 2.16 bits per heavy atom. The van der Waals surface area contributed by atoms with E-state index in [0.29, 0.717) is 31.4 Å². The minimum atomic E-state index is 0.410. The molecule has 106 valence electrons. The molecule has 6 heteroatoms. The number of nitrogens with one attached hydrogen (secondary N) is 1. The van der Waals surface area contributed by atoms with Crippen LogP contribution in [0.25, 0.3) is 0 Å². The lowest BCUT2D eigenvalue weighted by molar-refractivity contribution is 0.0759. The van der Waals surface area contributed by atoms with Crippen molar-refractivity contribution in [3.63, 3.8) is 0 Å². The van der Waals surface area contributed by atoms with Gasteiger partial charge in [0.1, 0.15) is 4.99 Å². The minimum Gasteiger partial charge on any atom is -0.389 e. The number of methoxy groups -OCH3 is 1. The van der Waals surface area contributed by atoms with Crippen molar-refractivity contribution in [2.75, 3.05) is 45.0 Å². The van der Waals surface area contributed by atoms with Crippen molar-refractivity contribution in [3.8, 4) is 0 Å². The summed E-state index contributed by atoms with van der Waals surface area (Å²) in [4.78, 5) is 1.49. The van der Waals surface area contributed by atoms with Crippen molar-refractivity contribution >= 4 is 34.7 Å². The standard InChI is InChI=1S/C13H20N2O2S2/c1-16-8-9-17-7-6-15-10-4-3-5-11(19-2)12(10)13(14)18/h3-5,15H,6-9H2,1-2H3,(H2,14,18). The zero-order valence-corrected chi connectivity index (χ0v) is 12.9. The van der Waals surface area contributed by atoms with Gasteiger partial charge in [-0.1, -0.05) is 18.3 Å². The molecule has 0 fully saturated rings. The number of nitrogens with two attached hydrogens (primary N) is 1. The van der Waals surface area contributed by atoms with Crippen LogP contribution in [0.15, 0.2) is 23.1 Å². The van der Waals surface area contributed by atoms with Crippen molar-refractivity contribution in [1.82, 2.24) is 0 Å². The maximum Gasteiger partial charge on any atom is 0.107 e. The fourth-order valence-corrected chi connectivity index (χ4v) is 2.53. The van der Waals surface area contributed by atoms with Crippen LogP contribution in [0, 0.1) is 0 Å². The summed E-state index contributed by atoms with van der Waals surface area (Å²) in [5, 5.41) is 3.30. The van der Waals surface area contributed by atoms with Crippen LogP contribution in [-0.4, -0.2) is 44.7 Å². The molecule has 1 aromatic rings. The normalized spacial score (nSPS) is 10.4. The molecular formula is C13H20N2O2S2. The topological polar surface area (TPSA) is 56.5 Å². The predicted molar refractivity (Wildman–Crippen MR) is 85.3 cm³/mol. The first kappa shape index (κ1) is 16.2. The molecule has 0 saturated carbocycles. The predicted octanol–water partition coefficient (Wildman–Crippen LogP) is 2.12. The van der Waals surface area contributed by atoms with E-state index >= 15 is 0 Å². The third kappa shape index (κ3) is 5.36. The van der Waals surface area contributed by atoms with Crippen LogP contribution in [0.3, 0.4) is 0 Å². The summed E-state index contributed by atoms with van der Waals surface area (Å²) < 4.78 is 10.3. The van der Waals surface area contributed by atoms with Crippen molar-refractivity contribution in [3.05, 3.63) is 23.8 Å². The monoisotopic (exact) mass is 300 g/mol. The van der Waals surface area contributed by atoms with Crippen LogP contribution >= 0.6 is 24.0 Å². The summed E-state index contributed by atoms with van der Waals surface area (Å²) >= 11 is 6.75. The Morgan fingerprint density at radius 1 is 1.37 bits per heavy atom. The molecule has 0 unspecified atom stereocenters. The Hall–Kier alpha value is -0.820. The Bertz CT molecular complexity index is 414. The molecule has 1 rings (SSSR count). The fraction of sp³-hybridized carbons (Fsp3) is 0.462. The maximum absolute atomic E-state index is 5.79. The Balaban J connectivity index is 2.55. The van der Waals surface area contributed by atoms with Gasteiger partial charge in [0.05, 0.1) is 19.8 Å². The van der Waals surface area contributed by atoms with Gasteiger partial charge in [-0.3, -0.25) is 0 Å². The van der Waals surface area contributed by atoms with Gasteiger partial charge < -0.3 is 20.5 Å². The van der Waals surface area contributed by atoms with Gasteiger partial charge in [0.15, 0.2) is 0 Å². The molecule has 0 spiro atoms. The highest BCUT2D eigenvalue weighted by Crippen LogP contribution is 2.26. The molecule has 0 aliphatic heterocycles. The van der Waals surface area contributed by atoms with E-state index in [4.69, 9.17) is 27.4 Å². The lowest BCUT2D eigenvalue weighted by atomic mass is 10.1. The molecule has 0 amide bonds. The second kappa shape index (κ2) is 9.14. The van der Waals surface area contributed by atoms with E-state index in [-0.39, 0.29) is 0 Å². The minimum absolute atomic E-state index is 0.410. The molecule has 0 radical (unpaired) electrons. The summed E-state index contributed by atoms with van der Waals surface area (Å²) in [6.45, 7) is 2.53. The summed E-state index contributed by atoms with van der Waals surface area (Å²) in [5.74, 6) is 0. The van der Waals surface area contributed by atoms with E-state index in [2.05, 4.69) is 5.32 Å². The lowest BCUT2D eigenvalue weighted by Gasteiger charge is -2.14. The summed E-state index contributed by atoms with van der Waals surface area (Å²) in [6.07, 6.45) is 2.01. The van der Waals surface area contributed by atoms with Crippen molar-refractivity contribution in [2.24, 2.45) is 5.73 Å². The zero-order valence-electron chi connectivity index (χ0n) is 11.3. The molecule has 3 N–H and O–H groups in total. The third-order valence-corrected chi connectivity index (χ3v) is 3.47. The quantitative estimate of drug-likeness (QED) is 0.414. The highest BCUT2D eigenvalue weighted by atomic mass is 32.2. The molecule has 0 aromatic heterocycles. The van der Waals surface area contributed by atoms with Gasteiger partial charge in [-0.05, 0) is 18.4 Å². The SMILES string of the molecule is COCCOCCNc1cccc(SC)c1C(N)=S. The Kier molecular flexibility index (Phi) is 7.81. The van der Waals surface area contributed by atoms with Crippen LogP contribution in [0.5, 0.6) is 0 Å². The molecule has 0 atom stereocenters. The fourth-order valence-electron chi connectivity index (χ4n) is 1.60. The first-order valence-corrected chi connectivity index (χ1v) is 7.61. The van der Waals surface area contributed by atoms with Crippen molar-refractivity contribution in [1.29, 1.82) is 0 Å². The molecule has 0 aliphatic carbocycles. The maximum atomic E-state index is 5.79. The molecule has 0 saturated heterocycles. The number of rotatable bonds is 9. The van der Waals surface area contributed by atoms with Crippen LogP contribution in [-0.2, 0) is 9.47 Å². The second-order valence-electron chi connectivity index (χ2n) is 3.78. The second-order valence-corrected chi connectivity index (χ2v) is 5.07. The number of thioether (sulfide) groups is 1. The Morgan fingerprint density at radius 3 is 2.79 bits per heavy atom. The molecule has 0 aliphatic rings. The zero-order chi connectivity index (χ0) is 14.1. The van der Waals surface area contributed by atoms with Gasteiger partial charge in [0.25, 0.3) is 0 Å². The Labute approximate surface area is 124 Å². The van der Waals surface area contributed by atoms with Gasteiger partial charge in [-0.25, -0.2) is 0 Å². The largest absolute Gasteiger partial charge is 0.389 e. The average Bonchev–Trinajstić information content (AvgIpc) is 2.42. The first-order chi connectivity index (χ1) is 9.20. The van der Waals surface area contributed by atoms with Gasteiger partial charge in [-0.15, -0.1) is 11.8 Å². The number of benzene rings is 1. The van der Waals surface area contributed by atoms with E-state index in [9.17, 15) is 0 Å². The van der Waals surface area contributed by atoms with E-state index in [0.717, 1.165) is 16.1 Å². The van der Waals surface area contributed by atoms with E-state index < -0.39 is 0 Å². The molecule has 4 nitrogen and oxygen atoms in total. The number of hydrogen-bond acceptors (Lipinski definition) is 5. The van der Waals surface area contributed by atoms with Gasteiger partial charge >= 0.3 is 0 Å². The highest BCUT2D eigenvalue weighted by Gasteiger charge is 2.09. The smallest absolute Gasteiger partial charge is 0.107 e. The summed E-state index contributed by atoms with van der Waals surface area (Å²) in [7, 11) is 1.66. The summed E-state index contributed by atoms with van der Waals surface area (Å²) in [5.41, 5.74) is 7.65. The number of ether oxygens (including phenoxy) is 2. The van der Waals surface area contributed by atoms with E-state index in [1.807, 2.05) is 24.5 Å². The van der Waals surface area contributed by atoms with Crippen LogP contribution in [0.1, 0.15) is 5.56 Å². The molecule has 0 heterocycles. The van der Waals surface area contributed by atoms with Gasteiger partial charge in [0, 0.05) is 29.8 Å². The molecule has 1 aromatic carbocycles. The first-order valence-electron chi connectivity index (χ1n) is 5.98. The van der Waals surface area contributed by atoms with Crippen LogP contribution in [0.4, 0.5) is 5.69 Å². The number of anilines is 1. The number of hydrogen-bond donors (Lipinski definition) is 2. The van der Waals surface area contributed by atoms with E-state index in [1.54, 1.807) is 18.9 Å². The molecular weight excluding hydrogens is 280 g/mol. The van der Waals surface area contributed by atoms with Crippen LogP contribution in [0.2, 0.25) is 0 Å². The molecule has 19 heavy (non-hydrogen) atoms. The average molecular weight is 300 g/mol. The van der Waals surface area contributed by atoms with Gasteiger partial charge in [0.2, 0.25) is 0 Å².